The van der Waals surface area contributed by atoms with Crippen LogP contribution < -0.4 is 10.6 Å². The second kappa shape index (κ2) is 10.3. The van der Waals surface area contributed by atoms with E-state index >= 15 is 0 Å². The van der Waals surface area contributed by atoms with Crippen LogP contribution in [0.25, 0.3) is 0 Å². The first-order valence-electron chi connectivity index (χ1n) is 7.53. The average molecular weight is 467 g/mol. The van der Waals surface area contributed by atoms with Gasteiger partial charge in [-0.15, -0.1) is 24.0 Å². The number of alkyl halides is 3. The number of guanidine groups is 1. The van der Waals surface area contributed by atoms with E-state index in [0.29, 0.717) is 19.0 Å². The molecule has 0 spiro atoms. The number of nitrogens with zero attached hydrogens (tertiary/aromatic N) is 3. The monoisotopic (exact) mass is 467 g/mol. The van der Waals surface area contributed by atoms with E-state index in [1.54, 1.807) is 6.20 Å². The van der Waals surface area contributed by atoms with Crippen molar-refractivity contribution < 1.29 is 13.2 Å². The second-order valence-electron chi connectivity index (χ2n) is 5.25. The van der Waals surface area contributed by atoms with Crippen LogP contribution in [0, 0.1) is 0 Å². The van der Waals surface area contributed by atoms with Crippen molar-refractivity contribution in [2.75, 3.05) is 13.6 Å². The van der Waals surface area contributed by atoms with Gasteiger partial charge in [-0.3, -0.25) is 9.67 Å². The maximum atomic E-state index is 12.1. The maximum absolute atomic E-state index is 12.1. The zero-order chi connectivity index (χ0) is 17.4. The van der Waals surface area contributed by atoms with Gasteiger partial charge in [0.15, 0.2) is 5.96 Å². The molecule has 1 aromatic carbocycles. The molecule has 2 rings (SSSR count). The molecule has 138 valence electrons. The third-order valence-electron chi connectivity index (χ3n) is 3.26. The Bertz CT molecular complexity index is 655. The summed E-state index contributed by atoms with van der Waals surface area (Å²) >= 11 is 0. The molecule has 0 aliphatic rings. The molecule has 0 saturated carbocycles. The van der Waals surface area contributed by atoms with Gasteiger partial charge in [0, 0.05) is 31.9 Å². The lowest BCUT2D eigenvalue weighted by atomic mass is 10.2. The first-order chi connectivity index (χ1) is 11.5. The fourth-order valence-electron chi connectivity index (χ4n) is 2.08. The summed E-state index contributed by atoms with van der Waals surface area (Å²) in [5.41, 5.74) is 2.06. The van der Waals surface area contributed by atoms with Crippen LogP contribution in [-0.2, 0) is 13.1 Å². The van der Waals surface area contributed by atoms with Gasteiger partial charge in [0.05, 0.1) is 19.2 Å². The van der Waals surface area contributed by atoms with Crippen LogP contribution in [0.3, 0.4) is 0 Å². The molecule has 0 bridgehead atoms. The molecule has 9 heteroatoms. The highest BCUT2D eigenvalue weighted by Crippen LogP contribution is 2.18. The fraction of sp³-hybridized carbons (Fsp3) is 0.375. The molecule has 2 aromatic rings. The summed E-state index contributed by atoms with van der Waals surface area (Å²) in [6, 6.07) is 9.94. The number of rotatable bonds is 6. The number of aromatic nitrogens is 2. The van der Waals surface area contributed by atoms with Crippen molar-refractivity contribution in [1.29, 1.82) is 0 Å². The van der Waals surface area contributed by atoms with Gasteiger partial charge in [0.2, 0.25) is 0 Å². The van der Waals surface area contributed by atoms with Crippen LogP contribution >= 0.6 is 24.0 Å². The molecule has 1 aromatic heterocycles. The molecular weight excluding hydrogens is 446 g/mol. The van der Waals surface area contributed by atoms with Gasteiger partial charge < -0.3 is 10.6 Å². The Labute approximate surface area is 161 Å². The van der Waals surface area contributed by atoms with Crippen molar-refractivity contribution in [2.45, 2.75) is 25.7 Å². The number of halogens is 4. The average Bonchev–Trinajstić information content (AvgIpc) is 2.98. The Balaban J connectivity index is 0.00000312. The molecule has 0 amide bonds. The molecule has 0 atom stereocenters. The molecule has 0 unspecified atom stereocenters. The largest absolute Gasteiger partial charge is 0.390 e. The number of nitrogens with one attached hydrogen (secondary N) is 2. The summed E-state index contributed by atoms with van der Waals surface area (Å²) in [6.07, 6.45) is -1.46. The summed E-state index contributed by atoms with van der Waals surface area (Å²) in [4.78, 5) is 3.90. The third kappa shape index (κ3) is 8.23. The minimum Gasteiger partial charge on any atom is -0.356 e. The third-order valence-corrected chi connectivity index (χ3v) is 3.26. The van der Waals surface area contributed by atoms with E-state index in [1.165, 1.54) is 7.05 Å². The predicted octanol–water partition coefficient (Wildman–Crippen LogP) is 3.17. The van der Waals surface area contributed by atoms with Gasteiger partial charge in [0.25, 0.3) is 0 Å². The van der Waals surface area contributed by atoms with Crippen molar-refractivity contribution in [3.05, 3.63) is 53.9 Å². The summed E-state index contributed by atoms with van der Waals surface area (Å²) < 4.78 is 38.2. The normalized spacial score (nSPS) is 11.8. The zero-order valence-electron chi connectivity index (χ0n) is 13.8. The van der Waals surface area contributed by atoms with E-state index in [4.69, 9.17) is 0 Å². The predicted molar refractivity (Wildman–Crippen MR) is 102 cm³/mol. The standard InChI is InChI=1S/C16H20F3N5.HI/c1-20-15(21-8-7-16(17,18)19)22-9-14-10-23-24(12-14)11-13-5-3-2-4-6-13;/h2-6,10,12H,7-9,11H2,1H3,(H2,20,21,22);1H. The lowest BCUT2D eigenvalue weighted by Gasteiger charge is -2.12. The first-order valence-corrected chi connectivity index (χ1v) is 7.53. The van der Waals surface area contributed by atoms with E-state index in [2.05, 4.69) is 20.7 Å². The van der Waals surface area contributed by atoms with Gasteiger partial charge in [-0.2, -0.15) is 18.3 Å². The van der Waals surface area contributed by atoms with Crippen molar-refractivity contribution in [2.24, 2.45) is 4.99 Å². The van der Waals surface area contributed by atoms with Crippen molar-refractivity contribution >= 4 is 29.9 Å². The number of aliphatic imine (C=N–C) groups is 1. The van der Waals surface area contributed by atoms with E-state index in [-0.39, 0.29) is 30.5 Å². The minimum atomic E-state index is -4.18. The number of hydrogen-bond acceptors (Lipinski definition) is 2. The highest BCUT2D eigenvalue weighted by molar-refractivity contribution is 14.0. The summed E-state index contributed by atoms with van der Waals surface area (Å²) in [5.74, 6) is 0.329. The smallest absolute Gasteiger partial charge is 0.356 e. The van der Waals surface area contributed by atoms with Gasteiger partial charge >= 0.3 is 6.18 Å². The van der Waals surface area contributed by atoms with Crippen LogP contribution in [0.4, 0.5) is 13.2 Å². The van der Waals surface area contributed by atoms with E-state index in [0.717, 1.165) is 11.1 Å². The molecule has 2 N–H and O–H groups in total. The lowest BCUT2D eigenvalue weighted by Crippen LogP contribution is -2.38. The van der Waals surface area contributed by atoms with Crippen molar-refractivity contribution in [3.8, 4) is 0 Å². The molecule has 1 heterocycles. The highest BCUT2D eigenvalue weighted by Gasteiger charge is 2.26. The summed E-state index contributed by atoms with van der Waals surface area (Å²) in [5, 5.41) is 9.88. The van der Waals surface area contributed by atoms with Crippen molar-refractivity contribution in [3.63, 3.8) is 0 Å². The van der Waals surface area contributed by atoms with Gasteiger partial charge in [-0.1, -0.05) is 30.3 Å². The minimum absolute atomic E-state index is 0. The zero-order valence-corrected chi connectivity index (χ0v) is 16.1. The maximum Gasteiger partial charge on any atom is 0.390 e. The van der Waals surface area contributed by atoms with E-state index in [1.807, 2.05) is 41.2 Å². The Morgan fingerprint density at radius 1 is 1.16 bits per heavy atom. The Morgan fingerprint density at radius 2 is 1.88 bits per heavy atom. The summed E-state index contributed by atoms with van der Waals surface area (Å²) in [7, 11) is 1.52. The molecule has 0 aliphatic heterocycles. The lowest BCUT2D eigenvalue weighted by molar-refractivity contribution is -0.132. The molecule has 0 saturated heterocycles. The fourth-order valence-corrected chi connectivity index (χ4v) is 2.08. The van der Waals surface area contributed by atoms with Crippen molar-refractivity contribution in [1.82, 2.24) is 20.4 Å². The molecular formula is C16H21F3IN5. The van der Waals surface area contributed by atoms with Crippen LogP contribution in [0.1, 0.15) is 17.5 Å². The van der Waals surface area contributed by atoms with Crippen LogP contribution in [0.15, 0.2) is 47.7 Å². The SMILES string of the molecule is CN=C(NCCC(F)(F)F)NCc1cnn(Cc2ccccc2)c1.I. The quantitative estimate of drug-likeness (QED) is 0.390. The summed E-state index contributed by atoms with van der Waals surface area (Å²) in [6.45, 7) is 0.885. The molecule has 5 nitrogen and oxygen atoms in total. The Hall–Kier alpha value is -1.78. The van der Waals surface area contributed by atoms with Crippen LogP contribution in [0.5, 0.6) is 0 Å². The van der Waals surface area contributed by atoms with Gasteiger partial charge in [-0.25, -0.2) is 0 Å². The molecule has 0 fully saturated rings. The first kappa shape index (κ1) is 21.3. The Kier molecular flexibility index (Phi) is 8.73. The Morgan fingerprint density at radius 3 is 2.52 bits per heavy atom. The molecule has 0 aliphatic carbocycles. The highest BCUT2D eigenvalue weighted by atomic mass is 127. The van der Waals surface area contributed by atoms with Gasteiger partial charge in [0.1, 0.15) is 0 Å². The molecule has 25 heavy (non-hydrogen) atoms. The van der Waals surface area contributed by atoms with Crippen LogP contribution in [0.2, 0.25) is 0 Å². The number of hydrogen-bond donors (Lipinski definition) is 2. The topological polar surface area (TPSA) is 54.2 Å². The molecule has 0 radical (unpaired) electrons. The van der Waals surface area contributed by atoms with E-state index in [9.17, 15) is 13.2 Å². The van der Waals surface area contributed by atoms with E-state index < -0.39 is 12.6 Å². The van der Waals surface area contributed by atoms with Crippen LogP contribution in [-0.4, -0.2) is 35.5 Å². The second-order valence-corrected chi connectivity index (χ2v) is 5.25. The van der Waals surface area contributed by atoms with Gasteiger partial charge in [-0.05, 0) is 5.56 Å². The number of benzene rings is 1.